The second kappa shape index (κ2) is 7.47. The van der Waals surface area contributed by atoms with Crippen molar-refractivity contribution < 1.29 is 9.59 Å². The van der Waals surface area contributed by atoms with Gasteiger partial charge in [0.05, 0.1) is 18.4 Å². The predicted molar refractivity (Wildman–Crippen MR) is 68.6 cm³/mol. The zero-order valence-electron chi connectivity index (χ0n) is 11.1. The van der Waals surface area contributed by atoms with E-state index in [0.717, 1.165) is 12.8 Å². The summed E-state index contributed by atoms with van der Waals surface area (Å²) in [5.74, 6) is -0.730. The molecular formula is C11H20N6O2. The molecule has 0 aliphatic carbocycles. The van der Waals surface area contributed by atoms with Gasteiger partial charge in [-0.15, -0.1) is 5.10 Å². The lowest BCUT2D eigenvalue weighted by molar-refractivity contribution is -0.136. The SMILES string of the molecule is CCCCN(CC(N)=O)C(=O)Cn1cc(CN)nn1. The maximum Gasteiger partial charge on any atom is 0.244 e. The Morgan fingerprint density at radius 3 is 2.74 bits per heavy atom. The van der Waals surface area contributed by atoms with Gasteiger partial charge >= 0.3 is 0 Å². The van der Waals surface area contributed by atoms with Crippen molar-refractivity contribution in [3.05, 3.63) is 11.9 Å². The summed E-state index contributed by atoms with van der Waals surface area (Å²) in [5.41, 5.74) is 11.2. The summed E-state index contributed by atoms with van der Waals surface area (Å²) in [7, 11) is 0. The van der Waals surface area contributed by atoms with Gasteiger partial charge in [0, 0.05) is 13.1 Å². The third kappa shape index (κ3) is 5.04. The molecule has 0 aromatic carbocycles. The fourth-order valence-corrected chi connectivity index (χ4v) is 1.58. The van der Waals surface area contributed by atoms with Crippen molar-refractivity contribution >= 4 is 11.8 Å². The van der Waals surface area contributed by atoms with E-state index in [1.807, 2.05) is 6.92 Å². The number of nitrogens with two attached hydrogens (primary N) is 2. The van der Waals surface area contributed by atoms with E-state index >= 15 is 0 Å². The molecule has 8 heteroatoms. The molecule has 0 aliphatic heterocycles. The highest BCUT2D eigenvalue weighted by Gasteiger charge is 2.16. The molecule has 0 atom stereocenters. The summed E-state index contributed by atoms with van der Waals surface area (Å²) < 4.78 is 1.41. The molecule has 0 unspecified atom stereocenters. The number of amides is 2. The van der Waals surface area contributed by atoms with Gasteiger partial charge in [0.2, 0.25) is 11.8 Å². The Balaban J connectivity index is 2.61. The molecule has 1 heterocycles. The highest BCUT2D eigenvalue weighted by atomic mass is 16.2. The Morgan fingerprint density at radius 1 is 1.47 bits per heavy atom. The van der Waals surface area contributed by atoms with Crippen LogP contribution in [0.2, 0.25) is 0 Å². The van der Waals surface area contributed by atoms with E-state index in [1.54, 1.807) is 6.20 Å². The van der Waals surface area contributed by atoms with Crippen molar-refractivity contribution in [3.8, 4) is 0 Å². The normalized spacial score (nSPS) is 10.4. The average Bonchev–Trinajstić information content (AvgIpc) is 2.81. The number of carbonyl (C=O) groups excluding carboxylic acids is 2. The van der Waals surface area contributed by atoms with E-state index in [0.29, 0.717) is 12.2 Å². The average molecular weight is 268 g/mol. The first kappa shape index (κ1) is 15.1. The minimum absolute atomic E-state index is 0.0317. The van der Waals surface area contributed by atoms with Gasteiger partial charge in [-0.2, -0.15) is 0 Å². The van der Waals surface area contributed by atoms with Gasteiger partial charge in [0.1, 0.15) is 6.54 Å². The van der Waals surface area contributed by atoms with Crippen molar-refractivity contribution in [1.82, 2.24) is 19.9 Å². The molecule has 0 radical (unpaired) electrons. The molecule has 8 nitrogen and oxygen atoms in total. The van der Waals surface area contributed by atoms with Crippen LogP contribution in [-0.2, 0) is 22.7 Å². The summed E-state index contributed by atoms with van der Waals surface area (Å²) in [6.45, 7) is 2.75. The van der Waals surface area contributed by atoms with Crippen LogP contribution in [0.4, 0.5) is 0 Å². The second-order valence-corrected chi connectivity index (χ2v) is 4.25. The summed E-state index contributed by atoms with van der Waals surface area (Å²) in [5, 5.41) is 7.59. The van der Waals surface area contributed by atoms with E-state index in [9.17, 15) is 9.59 Å². The fourth-order valence-electron chi connectivity index (χ4n) is 1.58. The van der Waals surface area contributed by atoms with Crippen LogP contribution in [0.25, 0.3) is 0 Å². The van der Waals surface area contributed by atoms with Crippen molar-refractivity contribution in [1.29, 1.82) is 0 Å². The molecular weight excluding hydrogens is 248 g/mol. The zero-order valence-corrected chi connectivity index (χ0v) is 11.1. The Morgan fingerprint density at radius 2 is 2.21 bits per heavy atom. The van der Waals surface area contributed by atoms with Crippen molar-refractivity contribution in [3.63, 3.8) is 0 Å². The first-order valence-electron chi connectivity index (χ1n) is 6.22. The Kier molecular flexibility index (Phi) is 5.94. The number of rotatable bonds is 8. The first-order chi connectivity index (χ1) is 9.06. The fraction of sp³-hybridized carbons (Fsp3) is 0.636. The molecule has 1 aromatic heterocycles. The number of nitrogens with zero attached hydrogens (tertiary/aromatic N) is 4. The molecule has 0 saturated heterocycles. The number of unbranched alkanes of at least 4 members (excludes halogenated alkanes) is 1. The standard InChI is InChI=1S/C11H20N6O2/c1-2-3-4-16(7-10(13)18)11(19)8-17-6-9(5-12)14-15-17/h6H,2-5,7-8,12H2,1H3,(H2,13,18). The molecule has 0 spiro atoms. The Hall–Kier alpha value is -1.96. The van der Waals surface area contributed by atoms with Crippen LogP contribution in [0, 0.1) is 0 Å². The Labute approximate surface area is 111 Å². The van der Waals surface area contributed by atoms with E-state index in [1.165, 1.54) is 9.58 Å². The minimum Gasteiger partial charge on any atom is -0.368 e. The van der Waals surface area contributed by atoms with E-state index in [2.05, 4.69) is 10.3 Å². The lowest BCUT2D eigenvalue weighted by Crippen LogP contribution is -2.40. The lowest BCUT2D eigenvalue weighted by Gasteiger charge is -2.20. The third-order valence-corrected chi connectivity index (χ3v) is 2.57. The number of carbonyl (C=O) groups is 2. The van der Waals surface area contributed by atoms with E-state index in [-0.39, 0.29) is 25.5 Å². The lowest BCUT2D eigenvalue weighted by atomic mass is 10.3. The third-order valence-electron chi connectivity index (χ3n) is 2.57. The van der Waals surface area contributed by atoms with Crippen LogP contribution in [0.5, 0.6) is 0 Å². The number of primary amides is 1. The molecule has 1 aromatic rings. The Bertz CT molecular complexity index is 431. The smallest absolute Gasteiger partial charge is 0.244 e. The van der Waals surface area contributed by atoms with Crippen molar-refractivity contribution in [2.45, 2.75) is 32.9 Å². The zero-order chi connectivity index (χ0) is 14.3. The van der Waals surface area contributed by atoms with Crippen molar-refractivity contribution in [2.75, 3.05) is 13.1 Å². The number of aromatic nitrogens is 3. The van der Waals surface area contributed by atoms with E-state index < -0.39 is 5.91 Å². The molecule has 2 amide bonds. The monoisotopic (exact) mass is 268 g/mol. The van der Waals surface area contributed by atoms with E-state index in [4.69, 9.17) is 11.5 Å². The number of hydrogen-bond acceptors (Lipinski definition) is 5. The molecule has 0 bridgehead atoms. The summed E-state index contributed by atoms with van der Waals surface area (Å²) in [4.78, 5) is 24.4. The van der Waals surface area contributed by atoms with Crippen LogP contribution in [0.1, 0.15) is 25.5 Å². The van der Waals surface area contributed by atoms with Gasteiger partial charge in [-0.25, -0.2) is 4.68 Å². The van der Waals surface area contributed by atoms with Crippen LogP contribution >= 0.6 is 0 Å². The van der Waals surface area contributed by atoms with Crippen molar-refractivity contribution in [2.24, 2.45) is 11.5 Å². The quantitative estimate of drug-likeness (QED) is 0.617. The van der Waals surface area contributed by atoms with Gasteiger partial charge < -0.3 is 16.4 Å². The second-order valence-electron chi connectivity index (χ2n) is 4.25. The molecule has 106 valence electrons. The van der Waals surface area contributed by atoms with Crippen LogP contribution in [0.3, 0.4) is 0 Å². The predicted octanol–water partition coefficient (Wildman–Crippen LogP) is -1.15. The van der Waals surface area contributed by atoms with Crippen LogP contribution in [0.15, 0.2) is 6.20 Å². The highest BCUT2D eigenvalue weighted by molar-refractivity contribution is 5.83. The topological polar surface area (TPSA) is 120 Å². The molecule has 19 heavy (non-hydrogen) atoms. The van der Waals surface area contributed by atoms with Gasteiger partial charge in [0.25, 0.3) is 0 Å². The highest BCUT2D eigenvalue weighted by Crippen LogP contribution is 1.99. The maximum atomic E-state index is 12.0. The summed E-state index contributed by atoms with van der Waals surface area (Å²) >= 11 is 0. The molecule has 0 saturated carbocycles. The van der Waals surface area contributed by atoms with Gasteiger partial charge in [-0.1, -0.05) is 18.6 Å². The maximum absolute atomic E-state index is 12.0. The van der Waals surface area contributed by atoms with Crippen LogP contribution in [-0.4, -0.2) is 44.8 Å². The number of hydrogen-bond donors (Lipinski definition) is 2. The molecule has 1 rings (SSSR count). The van der Waals surface area contributed by atoms with Gasteiger partial charge in [0.15, 0.2) is 0 Å². The van der Waals surface area contributed by atoms with Gasteiger partial charge in [-0.05, 0) is 6.42 Å². The minimum atomic E-state index is -0.523. The molecule has 4 N–H and O–H groups in total. The largest absolute Gasteiger partial charge is 0.368 e. The summed E-state index contributed by atoms with van der Waals surface area (Å²) in [6, 6.07) is 0. The summed E-state index contributed by atoms with van der Waals surface area (Å²) in [6.07, 6.45) is 3.37. The van der Waals surface area contributed by atoms with Gasteiger partial charge in [-0.3, -0.25) is 9.59 Å². The molecule has 0 fully saturated rings. The molecule has 0 aliphatic rings. The van der Waals surface area contributed by atoms with Crippen LogP contribution < -0.4 is 11.5 Å². The first-order valence-corrected chi connectivity index (χ1v) is 6.22.